The van der Waals surface area contributed by atoms with Crippen molar-refractivity contribution < 1.29 is 4.79 Å². The molecule has 3 rings (SSSR count). The number of carbonyl (C=O) groups excluding carboxylic acids is 1. The Kier molecular flexibility index (Phi) is 6.69. The summed E-state index contributed by atoms with van der Waals surface area (Å²) in [4.78, 5) is 15.2. The minimum absolute atomic E-state index is 0.0820. The van der Waals surface area contributed by atoms with Crippen LogP contribution >= 0.6 is 11.6 Å². The number of hydrogen-bond acceptors (Lipinski definition) is 2. The summed E-state index contributed by atoms with van der Waals surface area (Å²) in [6.07, 6.45) is 4.32. The number of fused-ring (bicyclic) bond motifs is 1. The van der Waals surface area contributed by atoms with Gasteiger partial charge in [0.1, 0.15) is 0 Å². The third-order valence-electron chi connectivity index (χ3n) is 4.42. The van der Waals surface area contributed by atoms with Crippen molar-refractivity contribution in [3.05, 3.63) is 70.9 Å². The van der Waals surface area contributed by atoms with Crippen molar-refractivity contribution in [2.45, 2.75) is 19.3 Å². The molecule has 5 heteroatoms. The van der Waals surface area contributed by atoms with E-state index < -0.39 is 0 Å². The predicted octanol–water partition coefficient (Wildman–Crippen LogP) is 3.70. The molecule has 1 amide bonds. The molecule has 0 fully saturated rings. The topological polar surface area (TPSA) is 56.9 Å². The lowest BCUT2D eigenvalue weighted by molar-refractivity contribution is -0.120. The fraction of sp³-hybridized carbons (Fsp3) is 0.286. The predicted molar refractivity (Wildman–Crippen MR) is 108 cm³/mol. The molecule has 26 heavy (non-hydrogen) atoms. The number of benzene rings is 2. The van der Waals surface area contributed by atoms with Crippen LogP contribution in [0.3, 0.4) is 0 Å². The summed E-state index contributed by atoms with van der Waals surface area (Å²) in [6, 6.07) is 16.0. The van der Waals surface area contributed by atoms with Crippen LogP contribution in [-0.2, 0) is 17.6 Å². The molecule has 0 saturated heterocycles. The Morgan fingerprint density at radius 2 is 1.77 bits per heavy atom. The van der Waals surface area contributed by atoms with Crippen LogP contribution < -0.4 is 10.6 Å². The number of halogens is 1. The largest absolute Gasteiger partial charge is 0.361 e. The number of amides is 1. The summed E-state index contributed by atoms with van der Waals surface area (Å²) in [6.45, 7) is 2.20. The molecule has 4 nitrogen and oxygen atoms in total. The van der Waals surface area contributed by atoms with E-state index in [1.54, 1.807) is 0 Å². The Hall–Kier alpha value is -2.30. The van der Waals surface area contributed by atoms with Gasteiger partial charge in [-0.25, -0.2) is 0 Å². The Balaban J connectivity index is 1.28. The second-order valence-corrected chi connectivity index (χ2v) is 6.77. The first-order valence-electron chi connectivity index (χ1n) is 8.99. The van der Waals surface area contributed by atoms with Crippen molar-refractivity contribution in [1.29, 1.82) is 0 Å². The molecular weight excluding hydrogens is 346 g/mol. The molecule has 0 saturated carbocycles. The van der Waals surface area contributed by atoms with Crippen molar-refractivity contribution in [1.82, 2.24) is 15.6 Å². The van der Waals surface area contributed by atoms with Crippen molar-refractivity contribution in [3.8, 4) is 0 Å². The molecule has 1 heterocycles. The molecule has 0 aliphatic heterocycles. The van der Waals surface area contributed by atoms with Gasteiger partial charge in [0, 0.05) is 41.6 Å². The molecule has 0 aliphatic rings. The third kappa shape index (κ3) is 5.35. The van der Waals surface area contributed by atoms with Crippen LogP contribution in [-0.4, -0.2) is 30.5 Å². The fourth-order valence-electron chi connectivity index (χ4n) is 2.97. The van der Waals surface area contributed by atoms with Gasteiger partial charge in [-0.05, 0) is 48.7 Å². The molecule has 0 bridgehead atoms. The highest BCUT2D eigenvalue weighted by molar-refractivity contribution is 6.30. The van der Waals surface area contributed by atoms with E-state index in [-0.39, 0.29) is 5.91 Å². The van der Waals surface area contributed by atoms with Crippen LogP contribution in [0.25, 0.3) is 10.9 Å². The highest BCUT2D eigenvalue weighted by Gasteiger charge is 2.03. The van der Waals surface area contributed by atoms with Gasteiger partial charge in [-0.2, -0.15) is 0 Å². The zero-order chi connectivity index (χ0) is 18.2. The molecule has 0 radical (unpaired) electrons. The van der Waals surface area contributed by atoms with Gasteiger partial charge in [0.2, 0.25) is 5.91 Å². The lowest BCUT2D eigenvalue weighted by Crippen LogP contribution is -2.29. The second-order valence-electron chi connectivity index (χ2n) is 6.34. The summed E-state index contributed by atoms with van der Waals surface area (Å²) < 4.78 is 0. The van der Waals surface area contributed by atoms with Gasteiger partial charge in [0.25, 0.3) is 0 Å². The van der Waals surface area contributed by atoms with Gasteiger partial charge in [0.05, 0.1) is 0 Å². The molecule has 0 aliphatic carbocycles. The quantitative estimate of drug-likeness (QED) is 0.504. The Bertz CT molecular complexity index is 842. The molecule has 3 N–H and O–H groups in total. The lowest BCUT2D eigenvalue weighted by atomic mass is 10.1. The highest BCUT2D eigenvalue weighted by Crippen LogP contribution is 2.17. The van der Waals surface area contributed by atoms with Crippen LogP contribution in [0.2, 0.25) is 5.02 Å². The van der Waals surface area contributed by atoms with Gasteiger partial charge in [-0.1, -0.05) is 41.9 Å². The van der Waals surface area contributed by atoms with E-state index in [1.165, 1.54) is 22.0 Å². The second kappa shape index (κ2) is 9.41. The maximum Gasteiger partial charge on any atom is 0.221 e. The first-order chi connectivity index (χ1) is 12.7. The van der Waals surface area contributed by atoms with Crippen molar-refractivity contribution in [2.75, 3.05) is 19.6 Å². The normalized spacial score (nSPS) is 11.0. The SMILES string of the molecule is O=C(CCNCCc1c[nH]c2ccccc12)NCCc1ccc(Cl)cc1. The standard InChI is InChI=1S/C21H24ClN3O/c22-18-7-5-16(6-8-18)9-14-24-21(26)11-13-23-12-10-17-15-25-20-4-2-1-3-19(17)20/h1-8,15,23,25H,9-14H2,(H,24,26). The van der Waals surface area contributed by atoms with Crippen molar-refractivity contribution in [3.63, 3.8) is 0 Å². The highest BCUT2D eigenvalue weighted by atomic mass is 35.5. The van der Waals surface area contributed by atoms with E-state index in [1.807, 2.05) is 30.3 Å². The first-order valence-corrected chi connectivity index (χ1v) is 9.37. The van der Waals surface area contributed by atoms with E-state index in [0.29, 0.717) is 19.5 Å². The summed E-state index contributed by atoms with van der Waals surface area (Å²) >= 11 is 5.86. The van der Waals surface area contributed by atoms with Crippen LogP contribution in [0.5, 0.6) is 0 Å². The number of hydrogen-bond donors (Lipinski definition) is 3. The van der Waals surface area contributed by atoms with Crippen LogP contribution in [0.4, 0.5) is 0 Å². The average Bonchev–Trinajstić information content (AvgIpc) is 3.06. The van der Waals surface area contributed by atoms with Gasteiger partial charge >= 0.3 is 0 Å². The Morgan fingerprint density at radius 1 is 0.962 bits per heavy atom. The van der Waals surface area contributed by atoms with Gasteiger partial charge in [-0.15, -0.1) is 0 Å². The number of carbonyl (C=O) groups is 1. The van der Waals surface area contributed by atoms with Crippen molar-refractivity contribution >= 4 is 28.4 Å². The van der Waals surface area contributed by atoms with Crippen LogP contribution in [0.15, 0.2) is 54.7 Å². The monoisotopic (exact) mass is 369 g/mol. The number of para-hydroxylation sites is 1. The van der Waals surface area contributed by atoms with E-state index in [9.17, 15) is 4.79 Å². The number of nitrogens with one attached hydrogen (secondary N) is 3. The molecular formula is C21H24ClN3O. The maximum absolute atomic E-state index is 11.9. The Morgan fingerprint density at radius 3 is 2.62 bits per heavy atom. The molecule has 3 aromatic rings. The molecule has 0 spiro atoms. The third-order valence-corrected chi connectivity index (χ3v) is 4.68. The summed E-state index contributed by atoms with van der Waals surface area (Å²) in [7, 11) is 0. The summed E-state index contributed by atoms with van der Waals surface area (Å²) in [5.41, 5.74) is 3.65. The van der Waals surface area contributed by atoms with E-state index in [4.69, 9.17) is 11.6 Å². The lowest BCUT2D eigenvalue weighted by Gasteiger charge is -2.07. The van der Waals surface area contributed by atoms with E-state index in [0.717, 1.165) is 24.4 Å². The number of rotatable bonds is 9. The fourth-order valence-corrected chi connectivity index (χ4v) is 3.10. The molecule has 2 aromatic carbocycles. The van der Waals surface area contributed by atoms with Gasteiger partial charge in [-0.3, -0.25) is 4.79 Å². The van der Waals surface area contributed by atoms with Gasteiger partial charge < -0.3 is 15.6 Å². The first kappa shape index (κ1) is 18.5. The van der Waals surface area contributed by atoms with Crippen LogP contribution in [0, 0.1) is 0 Å². The molecule has 1 aromatic heterocycles. The zero-order valence-electron chi connectivity index (χ0n) is 14.7. The Labute approximate surface area is 158 Å². The average molecular weight is 370 g/mol. The van der Waals surface area contributed by atoms with Crippen LogP contribution in [0.1, 0.15) is 17.5 Å². The minimum Gasteiger partial charge on any atom is -0.361 e. The van der Waals surface area contributed by atoms with Crippen molar-refractivity contribution in [2.24, 2.45) is 0 Å². The van der Waals surface area contributed by atoms with Gasteiger partial charge in [0.15, 0.2) is 0 Å². The minimum atomic E-state index is 0.0820. The zero-order valence-corrected chi connectivity index (χ0v) is 15.5. The summed E-state index contributed by atoms with van der Waals surface area (Å²) in [5, 5.41) is 8.31. The number of H-pyrrole nitrogens is 1. The molecule has 0 atom stereocenters. The van der Waals surface area contributed by atoms with E-state index in [2.05, 4.69) is 40.0 Å². The molecule has 0 unspecified atom stereocenters. The summed E-state index contributed by atoms with van der Waals surface area (Å²) in [5.74, 6) is 0.0820. The maximum atomic E-state index is 11.9. The molecule has 136 valence electrons. The number of aromatic nitrogens is 1. The number of aromatic amines is 1. The smallest absolute Gasteiger partial charge is 0.221 e. The van der Waals surface area contributed by atoms with E-state index >= 15 is 0 Å².